The van der Waals surface area contributed by atoms with Crippen molar-refractivity contribution in [2.24, 2.45) is 5.92 Å². The van der Waals surface area contributed by atoms with Gasteiger partial charge in [0.15, 0.2) is 0 Å². The van der Waals surface area contributed by atoms with Crippen LogP contribution in [-0.2, 0) is 24.3 Å². The predicted molar refractivity (Wildman–Crippen MR) is 67.2 cm³/mol. The largest absolute Gasteiger partial charge is 0.376 e. The van der Waals surface area contributed by atoms with Gasteiger partial charge in [0.25, 0.3) is 5.56 Å². The lowest BCUT2D eigenvalue weighted by Crippen LogP contribution is -2.31. The zero-order valence-electron chi connectivity index (χ0n) is 10.7. The molecule has 0 aromatic carbocycles. The van der Waals surface area contributed by atoms with Crippen molar-refractivity contribution in [2.45, 2.75) is 45.4 Å². The van der Waals surface area contributed by atoms with Crippen LogP contribution >= 0.6 is 0 Å². The summed E-state index contributed by atoms with van der Waals surface area (Å²) in [5, 5.41) is 3.43. The third-order valence-electron chi connectivity index (χ3n) is 3.80. The first-order valence-corrected chi connectivity index (χ1v) is 6.66. The molecule has 0 saturated heterocycles. The first kappa shape index (κ1) is 11.9. The SMILES string of the molecule is CC(NCc1nc2c(c(=O)[nH]1)COCC2)C1CC1. The predicted octanol–water partition coefficient (Wildman–Crippen LogP) is 0.731. The number of hydrogen-bond acceptors (Lipinski definition) is 4. The Bertz CT molecular complexity index is 493. The Kier molecular flexibility index (Phi) is 3.18. The number of ether oxygens (including phenoxy) is 1. The standard InChI is InChI=1S/C13H19N3O2/c1-8(9-2-3-9)14-6-12-15-11-4-5-18-7-10(11)13(17)16-12/h8-9,14H,2-7H2,1H3,(H,15,16,17). The summed E-state index contributed by atoms with van der Waals surface area (Å²) in [6, 6.07) is 0.509. The average molecular weight is 249 g/mol. The molecule has 2 heterocycles. The molecule has 1 unspecified atom stereocenters. The number of aromatic amines is 1. The molecule has 1 atom stereocenters. The van der Waals surface area contributed by atoms with Gasteiger partial charge in [-0.15, -0.1) is 0 Å². The molecule has 1 aromatic rings. The molecule has 0 spiro atoms. The first-order valence-electron chi connectivity index (χ1n) is 6.66. The maximum absolute atomic E-state index is 11.9. The zero-order valence-corrected chi connectivity index (χ0v) is 10.7. The van der Waals surface area contributed by atoms with Crippen LogP contribution in [0, 0.1) is 5.92 Å². The minimum Gasteiger partial charge on any atom is -0.376 e. The highest BCUT2D eigenvalue weighted by Gasteiger charge is 2.27. The Balaban J connectivity index is 1.72. The molecule has 98 valence electrons. The van der Waals surface area contributed by atoms with Crippen molar-refractivity contribution in [3.8, 4) is 0 Å². The molecule has 1 saturated carbocycles. The van der Waals surface area contributed by atoms with Gasteiger partial charge < -0.3 is 15.0 Å². The summed E-state index contributed by atoms with van der Waals surface area (Å²) < 4.78 is 5.28. The van der Waals surface area contributed by atoms with Gasteiger partial charge in [-0.25, -0.2) is 4.98 Å². The molecule has 5 heteroatoms. The lowest BCUT2D eigenvalue weighted by Gasteiger charge is -2.16. The highest BCUT2D eigenvalue weighted by molar-refractivity contribution is 5.19. The van der Waals surface area contributed by atoms with Crippen LogP contribution in [0.4, 0.5) is 0 Å². The van der Waals surface area contributed by atoms with Gasteiger partial charge in [0.1, 0.15) is 5.82 Å². The van der Waals surface area contributed by atoms with Gasteiger partial charge in [-0.1, -0.05) is 0 Å². The molecule has 2 aliphatic rings. The number of fused-ring (bicyclic) bond motifs is 1. The molecule has 1 aliphatic carbocycles. The van der Waals surface area contributed by atoms with E-state index in [1.54, 1.807) is 0 Å². The first-order chi connectivity index (χ1) is 8.74. The fourth-order valence-electron chi connectivity index (χ4n) is 2.40. The van der Waals surface area contributed by atoms with Crippen molar-refractivity contribution < 1.29 is 4.74 Å². The van der Waals surface area contributed by atoms with Crippen molar-refractivity contribution in [3.05, 3.63) is 27.4 Å². The summed E-state index contributed by atoms with van der Waals surface area (Å²) in [5.74, 6) is 1.55. The van der Waals surface area contributed by atoms with Crippen LogP contribution in [0.3, 0.4) is 0 Å². The number of nitrogens with one attached hydrogen (secondary N) is 2. The summed E-state index contributed by atoms with van der Waals surface area (Å²) in [4.78, 5) is 19.2. The number of nitrogens with zero attached hydrogens (tertiary/aromatic N) is 1. The second-order valence-corrected chi connectivity index (χ2v) is 5.25. The lowest BCUT2D eigenvalue weighted by atomic mass is 10.1. The van der Waals surface area contributed by atoms with Crippen molar-refractivity contribution in [1.29, 1.82) is 0 Å². The van der Waals surface area contributed by atoms with Crippen molar-refractivity contribution >= 4 is 0 Å². The van der Waals surface area contributed by atoms with Gasteiger partial charge in [0, 0.05) is 12.5 Å². The monoisotopic (exact) mass is 249 g/mol. The normalized spacial score (nSPS) is 20.5. The average Bonchev–Trinajstić information content (AvgIpc) is 3.20. The second-order valence-electron chi connectivity index (χ2n) is 5.25. The van der Waals surface area contributed by atoms with Crippen molar-refractivity contribution in [2.75, 3.05) is 6.61 Å². The summed E-state index contributed by atoms with van der Waals surface area (Å²) in [7, 11) is 0. The molecule has 1 aromatic heterocycles. The van der Waals surface area contributed by atoms with Crippen LogP contribution in [0.5, 0.6) is 0 Å². The Morgan fingerprint density at radius 2 is 2.39 bits per heavy atom. The Morgan fingerprint density at radius 3 is 3.17 bits per heavy atom. The van der Waals surface area contributed by atoms with Crippen molar-refractivity contribution in [1.82, 2.24) is 15.3 Å². The van der Waals surface area contributed by atoms with Gasteiger partial charge in [0.2, 0.25) is 0 Å². The summed E-state index contributed by atoms with van der Waals surface area (Å²) >= 11 is 0. The molecular formula is C13H19N3O2. The van der Waals surface area contributed by atoms with E-state index in [0.29, 0.717) is 31.4 Å². The fourth-order valence-corrected chi connectivity index (χ4v) is 2.40. The molecule has 1 fully saturated rings. The molecule has 5 nitrogen and oxygen atoms in total. The molecule has 0 amide bonds. The molecule has 3 rings (SSSR count). The third-order valence-corrected chi connectivity index (χ3v) is 3.80. The van der Waals surface area contributed by atoms with Crippen LogP contribution in [0.25, 0.3) is 0 Å². The van der Waals surface area contributed by atoms with E-state index >= 15 is 0 Å². The smallest absolute Gasteiger partial charge is 0.256 e. The highest BCUT2D eigenvalue weighted by Crippen LogP contribution is 2.32. The molecule has 2 N–H and O–H groups in total. The van der Waals surface area contributed by atoms with E-state index in [1.807, 2.05) is 0 Å². The van der Waals surface area contributed by atoms with E-state index in [1.165, 1.54) is 12.8 Å². The van der Waals surface area contributed by atoms with Crippen LogP contribution in [0.1, 0.15) is 36.8 Å². The van der Waals surface area contributed by atoms with Gasteiger partial charge in [-0.2, -0.15) is 0 Å². The fraction of sp³-hybridized carbons (Fsp3) is 0.692. The van der Waals surface area contributed by atoms with Crippen molar-refractivity contribution in [3.63, 3.8) is 0 Å². The molecule has 0 bridgehead atoms. The number of rotatable bonds is 4. The summed E-state index contributed by atoms with van der Waals surface area (Å²) in [6.07, 6.45) is 3.38. The maximum atomic E-state index is 11.9. The van der Waals surface area contributed by atoms with Gasteiger partial charge in [-0.05, 0) is 25.7 Å². The minimum atomic E-state index is -0.0458. The molecule has 0 radical (unpaired) electrons. The van der Waals surface area contributed by atoms with Gasteiger partial charge in [-0.3, -0.25) is 4.79 Å². The number of aromatic nitrogens is 2. The van der Waals surface area contributed by atoms with E-state index in [4.69, 9.17) is 4.74 Å². The second kappa shape index (κ2) is 4.82. The van der Waals surface area contributed by atoms with E-state index in [0.717, 1.165) is 23.9 Å². The van der Waals surface area contributed by atoms with Crippen LogP contribution in [0.2, 0.25) is 0 Å². The zero-order chi connectivity index (χ0) is 12.5. The molecule has 1 aliphatic heterocycles. The summed E-state index contributed by atoms with van der Waals surface area (Å²) in [6.45, 7) is 3.89. The van der Waals surface area contributed by atoms with Crippen LogP contribution in [0.15, 0.2) is 4.79 Å². The summed E-state index contributed by atoms with van der Waals surface area (Å²) in [5.41, 5.74) is 1.55. The van der Waals surface area contributed by atoms with Gasteiger partial charge >= 0.3 is 0 Å². The number of H-pyrrole nitrogens is 1. The minimum absolute atomic E-state index is 0.0458. The Hall–Kier alpha value is -1.20. The topological polar surface area (TPSA) is 67.0 Å². The Morgan fingerprint density at radius 1 is 1.56 bits per heavy atom. The van der Waals surface area contributed by atoms with E-state index < -0.39 is 0 Å². The third kappa shape index (κ3) is 2.47. The van der Waals surface area contributed by atoms with Gasteiger partial charge in [0.05, 0.1) is 31.0 Å². The number of hydrogen-bond donors (Lipinski definition) is 2. The lowest BCUT2D eigenvalue weighted by molar-refractivity contribution is 0.107. The highest BCUT2D eigenvalue weighted by atomic mass is 16.5. The van der Waals surface area contributed by atoms with E-state index in [9.17, 15) is 4.79 Å². The molecular weight excluding hydrogens is 230 g/mol. The quantitative estimate of drug-likeness (QED) is 0.825. The molecule has 18 heavy (non-hydrogen) atoms. The van der Waals surface area contributed by atoms with E-state index in [-0.39, 0.29) is 5.56 Å². The van der Waals surface area contributed by atoms with Crippen LogP contribution in [-0.4, -0.2) is 22.6 Å². The maximum Gasteiger partial charge on any atom is 0.256 e. The van der Waals surface area contributed by atoms with Crippen LogP contribution < -0.4 is 10.9 Å². The van der Waals surface area contributed by atoms with E-state index in [2.05, 4.69) is 22.2 Å². The Labute approximate surface area is 106 Å².